The first-order valence-corrected chi connectivity index (χ1v) is 3.20. The standard InChI is InChI=1S/C6H7N3O3/c1-5-4-6(7-9(11)12)2-3-8(5)10/h2-4,7H,1H3. The van der Waals surface area contributed by atoms with Crippen LogP contribution in [0, 0.1) is 22.2 Å². The van der Waals surface area contributed by atoms with E-state index in [1.807, 2.05) is 5.43 Å². The fourth-order valence-electron chi connectivity index (χ4n) is 0.777. The second-order valence-corrected chi connectivity index (χ2v) is 2.25. The molecule has 0 bridgehead atoms. The predicted octanol–water partition coefficient (Wildman–Crippen LogP) is 0.232. The van der Waals surface area contributed by atoms with Gasteiger partial charge in [0.25, 0.3) is 0 Å². The minimum absolute atomic E-state index is 0.296. The smallest absolute Gasteiger partial charge is 0.191 e. The summed E-state index contributed by atoms with van der Waals surface area (Å²) in [5, 5.41) is 20.1. The van der Waals surface area contributed by atoms with Crippen molar-refractivity contribution in [1.29, 1.82) is 0 Å². The average Bonchev–Trinajstić information content (AvgIpc) is 1.96. The number of nitrogens with zero attached hydrogens (tertiary/aromatic N) is 2. The molecule has 1 N–H and O–H groups in total. The molecule has 0 radical (unpaired) electrons. The van der Waals surface area contributed by atoms with Crippen LogP contribution in [-0.4, -0.2) is 5.03 Å². The highest BCUT2D eigenvalue weighted by Gasteiger charge is 2.03. The van der Waals surface area contributed by atoms with E-state index in [-0.39, 0.29) is 0 Å². The third kappa shape index (κ3) is 1.82. The minimum Gasteiger partial charge on any atom is -0.619 e. The summed E-state index contributed by atoms with van der Waals surface area (Å²) < 4.78 is 0.630. The van der Waals surface area contributed by atoms with E-state index in [1.165, 1.54) is 18.3 Å². The Morgan fingerprint density at radius 1 is 1.67 bits per heavy atom. The third-order valence-corrected chi connectivity index (χ3v) is 1.32. The molecule has 0 saturated heterocycles. The molecule has 1 rings (SSSR count). The van der Waals surface area contributed by atoms with Crippen molar-refractivity contribution in [3.05, 3.63) is 39.3 Å². The second kappa shape index (κ2) is 3.04. The van der Waals surface area contributed by atoms with Crippen molar-refractivity contribution in [3.63, 3.8) is 0 Å². The Kier molecular flexibility index (Phi) is 2.09. The van der Waals surface area contributed by atoms with Gasteiger partial charge in [0.1, 0.15) is 5.69 Å². The van der Waals surface area contributed by atoms with Crippen LogP contribution in [0.4, 0.5) is 5.69 Å². The van der Waals surface area contributed by atoms with E-state index in [1.54, 1.807) is 6.92 Å². The SMILES string of the molecule is Cc1cc(N[N+](=O)[O-])cc[n+]1[O-]. The lowest BCUT2D eigenvalue weighted by molar-refractivity contribution is -0.612. The van der Waals surface area contributed by atoms with Gasteiger partial charge in [-0.05, 0) is 0 Å². The molecular weight excluding hydrogens is 162 g/mol. The van der Waals surface area contributed by atoms with E-state index < -0.39 is 5.03 Å². The zero-order valence-electron chi connectivity index (χ0n) is 6.35. The molecule has 0 aliphatic heterocycles. The molecule has 6 heteroatoms. The van der Waals surface area contributed by atoms with Crippen molar-refractivity contribution < 1.29 is 9.76 Å². The third-order valence-electron chi connectivity index (χ3n) is 1.32. The normalized spacial score (nSPS) is 9.42. The Morgan fingerprint density at radius 3 is 2.83 bits per heavy atom. The molecule has 1 aromatic heterocycles. The van der Waals surface area contributed by atoms with Crippen LogP contribution in [0.25, 0.3) is 0 Å². The Balaban J connectivity index is 2.89. The molecule has 0 fully saturated rings. The number of nitrogens with one attached hydrogen (secondary N) is 1. The topological polar surface area (TPSA) is 82.1 Å². The van der Waals surface area contributed by atoms with Crippen molar-refractivity contribution >= 4 is 5.69 Å². The maximum absolute atomic E-state index is 10.8. The Hall–Kier alpha value is -1.85. The van der Waals surface area contributed by atoms with E-state index in [2.05, 4.69) is 0 Å². The van der Waals surface area contributed by atoms with Crippen LogP contribution in [0.15, 0.2) is 18.3 Å². The van der Waals surface area contributed by atoms with Crippen LogP contribution >= 0.6 is 0 Å². The van der Waals surface area contributed by atoms with Gasteiger partial charge in [0.15, 0.2) is 16.9 Å². The van der Waals surface area contributed by atoms with Crippen LogP contribution in [0.3, 0.4) is 0 Å². The van der Waals surface area contributed by atoms with Crippen molar-refractivity contribution in [3.8, 4) is 0 Å². The number of anilines is 1. The highest BCUT2D eigenvalue weighted by Crippen LogP contribution is 2.04. The van der Waals surface area contributed by atoms with Crippen LogP contribution < -0.4 is 10.2 Å². The zero-order chi connectivity index (χ0) is 9.14. The monoisotopic (exact) mass is 169 g/mol. The number of nitro groups is 1. The molecule has 0 amide bonds. The Labute approximate surface area is 68.1 Å². The number of hydrogen-bond acceptors (Lipinski definition) is 3. The summed E-state index contributed by atoms with van der Waals surface area (Å²) in [6.45, 7) is 1.57. The molecule has 0 aliphatic rings. The van der Waals surface area contributed by atoms with Gasteiger partial charge in [-0.1, -0.05) is 0 Å². The highest BCUT2D eigenvalue weighted by molar-refractivity contribution is 5.38. The lowest BCUT2D eigenvalue weighted by Crippen LogP contribution is -2.29. The molecule has 1 heterocycles. The number of hydrogen-bond donors (Lipinski definition) is 1. The summed E-state index contributed by atoms with van der Waals surface area (Å²) >= 11 is 0. The van der Waals surface area contributed by atoms with Crippen molar-refractivity contribution in [2.24, 2.45) is 0 Å². The Morgan fingerprint density at radius 2 is 2.33 bits per heavy atom. The molecular formula is C6H7N3O3. The van der Waals surface area contributed by atoms with Crippen LogP contribution in [-0.2, 0) is 0 Å². The fraction of sp³-hybridized carbons (Fsp3) is 0.167. The molecule has 6 nitrogen and oxygen atoms in total. The summed E-state index contributed by atoms with van der Waals surface area (Å²) in [4.78, 5) is 9.97. The van der Waals surface area contributed by atoms with E-state index in [0.29, 0.717) is 16.1 Å². The first-order chi connectivity index (χ1) is 5.59. The van der Waals surface area contributed by atoms with Gasteiger partial charge in [-0.15, -0.1) is 5.43 Å². The molecule has 0 saturated carbocycles. The van der Waals surface area contributed by atoms with E-state index in [0.717, 1.165) is 0 Å². The average molecular weight is 169 g/mol. The lowest BCUT2D eigenvalue weighted by Gasteiger charge is -2.00. The number of hydrazine groups is 1. The van der Waals surface area contributed by atoms with Gasteiger partial charge < -0.3 is 5.21 Å². The first-order valence-electron chi connectivity index (χ1n) is 3.20. The van der Waals surface area contributed by atoms with Crippen LogP contribution in [0.2, 0.25) is 0 Å². The van der Waals surface area contributed by atoms with E-state index >= 15 is 0 Å². The summed E-state index contributed by atoms with van der Waals surface area (Å²) in [7, 11) is 0. The van der Waals surface area contributed by atoms with Crippen LogP contribution in [0.1, 0.15) is 5.69 Å². The van der Waals surface area contributed by atoms with Crippen LogP contribution in [0.5, 0.6) is 0 Å². The molecule has 0 unspecified atom stereocenters. The number of pyridine rings is 1. The summed E-state index contributed by atoms with van der Waals surface area (Å²) in [6, 6.07) is 2.73. The maximum atomic E-state index is 10.8. The van der Waals surface area contributed by atoms with Gasteiger partial charge in [0, 0.05) is 19.1 Å². The first kappa shape index (κ1) is 8.25. The van der Waals surface area contributed by atoms with E-state index in [9.17, 15) is 15.3 Å². The van der Waals surface area contributed by atoms with Gasteiger partial charge >= 0.3 is 0 Å². The molecule has 1 aromatic rings. The highest BCUT2D eigenvalue weighted by atomic mass is 16.7. The van der Waals surface area contributed by atoms with Gasteiger partial charge in [-0.2, -0.15) is 4.73 Å². The van der Waals surface area contributed by atoms with Gasteiger partial charge in [-0.3, -0.25) is 0 Å². The molecule has 0 atom stereocenters. The number of aromatic nitrogens is 1. The summed E-state index contributed by atoms with van der Waals surface area (Å²) in [5.41, 5.74) is 2.64. The summed E-state index contributed by atoms with van der Waals surface area (Å²) in [5.74, 6) is 0. The van der Waals surface area contributed by atoms with Crippen molar-refractivity contribution in [2.45, 2.75) is 6.92 Å². The van der Waals surface area contributed by atoms with Gasteiger partial charge in [-0.25, -0.2) is 10.1 Å². The summed E-state index contributed by atoms with van der Waals surface area (Å²) in [6.07, 6.45) is 1.21. The fourth-order valence-corrected chi connectivity index (χ4v) is 0.777. The molecule has 0 aliphatic carbocycles. The second-order valence-electron chi connectivity index (χ2n) is 2.25. The number of rotatable bonds is 2. The van der Waals surface area contributed by atoms with Gasteiger partial charge in [0.05, 0.1) is 0 Å². The maximum Gasteiger partial charge on any atom is 0.191 e. The lowest BCUT2D eigenvalue weighted by atomic mass is 10.3. The molecule has 0 spiro atoms. The largest absolute Gasteiger partial charge is 0.619 e. The quantitative estimate of drug-likeness (QED) is 0.297. The molecule has 0 aromatic carbocycles. The van der Waals surface area contributed by atoms with Crippen molar-refractivity contribution in [1.82, 2.24) is 0 Å². The molecule has 64 valence electrons. The Bertz CT molecular complexity index is 313. The minimum atomic E-state index is -0.677. The number of aryl methyl sites for hydroxylation is 1. The van der Waals surface area contributed by atoms with Crippen molar-refractivity contribution in [2.75, 3.05) is 5.43 Å². The molecule has 12 heavy (non-hydrogen) atoms. The zero-order valence-corrected chi connectivity index (χ0v) is 6.35. The van der Waals surface area contributed by atoms with Gasteiger partial charge in [0.2, 0.25) is 0 Å². The predicted molar refractivity (Wildman–Crippen MR) is 40.8 cm³/mol. The van der Waals surface area contributed by atoms with E-state index in [4.69, 9.17) is 0 Å².